The second-order valence-electron chi connectivity index (χ2n) is 3.89. The second kappa shape index (κ2) is 5.34. The van der Waals surface area contributed by atoms with Crippen LogP contribution in [0.1, 0.15) is 18.1 Å². The number of nitrogen functional groups attached to an aromatic ring is 1. The van der Waals surface area contributed by atoms with Crippen molar-refractivity contribution in [3.05, 3.63) is 29.3 Å². The van der Waals surface area contributed by atoms with Gasteiger partial charge in [-0.15, -0.1) is 0 Å². The fourth-order valence-electron chi connectivity index (χ4n) is 1.28. The Kier molecular flexibility index (Phi) is 4.09. The molecule has 5 nitrogen and oxygen atoms in total. The molecule has 0 unspecified atom stereocenters. The van der Waals surface area contributed by atoms with Crippen LogP contribution >= 0.6 is 0 Å². The molecule has 0 spiro atoms. The molecule has 0 aliphatic heterocycles. The van der Waals surface area contributed by atoms with Gasteiger partial charge in [0.2, 0.25) is 0 Å². The lowest BCUT2D eigenvalue weighted by atomic mass is 10.1. The molecule has 0 aromatic heterocycles. The Morgan fingerprint density at radius 2 is 2.18 bits per heavy atom. The van der Waals surface area contributed by atoms with Crippen molar-refractivity contribution in [2.45, 2.75) is 13.8 Å². The predicted molar refractivity (Wildman–Crippen MR) is 69.5 cm³/mol. The van der Waals surface area contributed by atoms with E-state index in [1.807, 2.05) is 19.9 Å². The minimum absolute atomic E-state index is 0.00987. The van der Waals surface area contributed by atoms with E-state index in [4.69, 9.17) is 11.1 Å². The minimum Gasteiger partial charge on any atom is -0.384 e. The Morgan fingerprint density at radius 1 is 1.53 bits per heavy atom. The third-order valence-corrected chi connectivity index (χ3v) is 2.61. The van der Waals surface area contributed by atoms with Crippen molar-refractivity contribution in [2.75, 3.05) is 18.9 Å². The first kappa shape index (κ1) is 13.0. The van der Waals surface area contributed by atoms with Crippen LogP contribution in [0.15, 0.2) is 18.2 Å². The number of nitrogens with one attached hydrogen (secondary N) is 2. The lowest BCUT2D eigenvalue weighted by molar-refractivity contribution is 0.224. The zero-order chi connectivity index (χ0) is 13.0. The molecule has 92 valence electrons. The number of benzene rings is 1. The molecule has 1 aromatic carbocycles. The number of amidine groups is 1. The van der Waals surface area contributed by atoms with Gasteiger partial charge >= 0.3 is 6.03 Å². The Labute approximate surface area is 101 Å². The lowest BCUT2D eigenvalue weighted by Gasteiger charge is -2.17. The predicted octanol–water partition coefficient (Wildman–Crippen LogP) is 1.76. The Balaban J connectivity index is 2.94. The summed E-state index contributed by atoms with van der Waals surface area (Å²) < 4.78 is 0. The summed E-state index contributed by atoms with van der Waals surface area (Å²) in [7, 11) is 1.72. The number of urea groups is 1. The van der Waals surface area contributed by atoms with Gasteiger partial charge in [-0.1, -0.05) is 12.1 Å². The van der Waals surface area contributed by atoms with Crippen molar-refractivity contribution in [1.82, 2.24) is 4.90 Å². The van der Waals surface area contributed by atoms with Crippen LogP contribution in [0.5, 0.6) is 0 Å². The van der Waals surface area contributed by atoms with Gasteiger partial charge in [0.25, 0.3) is 0 Å². The number of carbonyl (C=O) groups excluding carboxylic acids is 1. The molecule has 0 aliphatic carbocycles. The van der Waals surface area contributed by atoms with Crippen molar-refractivity contribution in [3.8, 4) is 0 Å². The van der Waals surface area contributed by atoms with Gasteiger partial charge in [0, 0.05) is 24.8 Å². The molecule has 4 N–H and O–H groups in total. The van der Waals surface area contributed by atoms with E-state index in [1.54, 1.807) is 24.1 Å². The third kappa shape index (κ3) is 3.21. The highest BCUT2D eigenvalue weighted by molar-refractivity contribution is 5.97. The molecular weight excluding hydrogens is 216 g/mol. The highest BCUT2D eigenvalue weighted by atomic mass is 16.2. The topological polar surface area (TPSA) is 82.2 Å². The molecule has 0 heterocycles. The molecule has 0 bridgehead atoms. The number of carbonyl (C=O) groups is 1. The SMILES string of the molecule is CCN(C)C(=O)Nc1cc(C(=N)N)ccc1C. The standard InChI is InChI=1S/C12H18N4O/c1-4-16(3)12(17)15-10-7-9(11(13)14)6-5-8(10)2/h5-7H,4H2,1-3H3,(H3,13,14)(H,15,17). The summed E-state index contributed by atoms with van der Waals surface area (Å²) in [6.07, 6.45) is 0. The molecule has 0 saturated heterocycles. The first-order valence-corrected chi connectivity index (χ1v) is 5.42. The van der Waals surface area contributed by atoms with Crippen LogP contribution in [0.25, 0.3) is 0 Å². The normalized spacial score (nSPS) is 9.82. The van der Waals surface area contributed by atoms with Crippen molar-refractivity contribution in [1.29, 1.82) is 5.41 Å². The van der Waals surface area contributed by atoms with Crippen LogP contribution < -0.4 is 11.1 Å². The van der Waals surface area contributed by atoms with Crippen LogP contribution in [0.4, 0.5) is 10.5 Å². The van der Waals surface area contributed by atoms with Crippen molar-refractivity contribution in [2.24, 2.45) is 5.73 Å². The van der Waals surface area contributed by atoms with E-state index in [0.29, 0.717) is 17.8 Å². The molecule has 0 fully saturated rings. The van der Waals surface area contributed by atoms with Gasteiger partial charge in [0.15, 0.2) is 0 Å². The largest absolute Gasteiger partial charge is 0.384 e. The minimum atomic E-state index is -0.170. The van der Waals surface area contributed by atoms with E-state index >= 15 is 0 Å². The molecule has 1 aromatic rings. The highest BCUT2D eigenvalue weighted by Crippen LogP contribution is 2.17. The summed E-state index contributed by atoms with van der Waals surface area (Å²) in [4.78, 5) is 13.3. The Hall–Kier alpha value is -2.04. The summed E-state index contributed by atoms with van der Waals surface area (Å²) in [5.74, 6) is -0.00987. The van der Waals surface area contributed by atoms with E-state index < -0.39 is 0 Å². The Bertz CT molecular complexity index is 442. The number of hydrogen-bond donors (Lipinski definition) is 3. The number of nitrogens with zero attached hydrogens (tertiary/aromatic N) is 1. The van der Waals surface area contributed by atoms with E-state index in [9.17, 15) is 4.79 Å². The number of rotatable bonds is 3. The summed E-state index contributed by atoms with van der Waals surface area (Å²) in [5, 5.41) is 10.2. The van der Waals surface area contributed by atoms with Crippen LogP contribution in [0.3, 0.4) is 0 Å². The highest BCUT2D eigenvalue weighted by Gasteiger charge is 2.09. The first-order valence-electron chi connectivity index (χ1n) is 5.42. The Morgan fingerprint density at radius 3 is 2.71 bits per heavy atom. The lowest BCUT2D eigenvalue weighted by Crippen LogP contribution is -2.31. The number of nitrogens with two attached hydrogens (primary N) is 1. The fourth-order valence-corrected chi connectivity index (χ4v) is 1.28. The number of hydrogen-bond acceptors (Lipinski definition) is 2. The van der Waals surface area contributed by atoms with Gasteiger partial charge in [-0.25, -0.2) is 4.79 Å². The van der Waals surface area contributed by atoms with Gasteiger partial charge in [-0.2, -0.15) is 0 Å². The molecule has 0 atom stereocenters. The van der Waals surface area contributed by atoms with Crippen LogP contribution in [-0.2, 0) is 0 Å². The first-order chi connectivity index (χ1) is 7.95. The smallest absolute Gasteiger partial charge is 0.321 e. The van der Waals surface area contributed by atoms with E-state index in [-0.39, 0.29) is 11.9 Å². The fraction of sp³-hybridized carbons (Fsp3) is 0.333. The zero-order valence-corrected chi connectivity index (χ0v) is 10.4. The molecule has 17 heavy (non-hydrogen) atoms. The van der Waals surface area contributed by atoms with Gasteiger partial charge in [0.1, 0.15) is 5.84 Å². The van der Waals surface area contributed by atoms with Crippen LogP contribution in [0.2, 0.25) is 0 Å². The third-order valence-electron chi connectivity index (χ3n) is 2.61. The maximum atomic E-state index is 11.7. The van der Waals surface area contributed by atoms with E-state index in [2.05, 4.69) is 5.32 Å². The second-order valence-corrected chi connectivity index (χ2v) is 3.89. The number of amides is 2. The molecule has 2 amide bonds. The zero-order valence-electron chi connectivity index (χ0n) is 10.4. The molecule has 1 rings (SSSR count). The van der Waals surface area contributed by atoms with Crippen molar-refractivity contribution >= 4 is 17.6 Å². The molecule has 0 saturated carbocycles. The van der Waals surface area contributed by atoms with Crippen LogP contribution in [-0.4, -0.2) is 30.4 Å². The summed E-state index contributed by atoms with van der Waals surface area (Å²) in [6.45, 7) is 4.43. The average Bonchev–Trinajstić information content (AvgIpc) is 2.30. The van der Waals surface area contributed by atoms with Gasteiger partial charge in [-0.05, 0) is 25.5 Å². The summed E-state index contributed by atoms with van der Waals surface area (Å²) in [5.41, 5.74) is 7.63. The van der Waals surface area contributed by atoms with E-state index in [0.717, 1.165) is 5.56 Å². The monoisotopic (exact) mass is 234 g/mol. The van der Waals surface area contributed by atoms with E-state index in [1.165, 1.54) is 0 Å². The molecular formula is C12H18N4O. The van der Waals surface area contributed by atoms with Crippen molar-refractivity contribution < 1.29 is 4.79 Å². The van der Waals surface area contributed by atoms with Gasteiger partial charge in [0.05, 0.1) is 0 Å². The summed E-state index contributed by atoms with van der Waals surface area (Å²) in [6, 6.07) is 5.13. The van der Waals surface area contributed by atoms with Crippen molar-refractivity contribution in [3.63, 3.8) is 0 Å². The molecule has 0 aliphatic rings. The maximum absolute atomic E-state index is 11.7. The summed E-state index contributed by atoms with van der Waals surface area (Å²) >= 11 is 0. The van der Waals surface area contributed by atoms with Crippen LogP contribution in [0, 0.1) is 12.3 Å². The molecule has 0 radical (unpaired) electrons. The number of anilines is 1. The van der Waals surface area contributed by atoms with Gasteiger partial charge in [-0.3, -0.25) is 5.41 Å². The molecule has 5 heteroatoms. The maximum Gasteiger partial charge on any atom is 0.321 e. The number of aryl methyl sites for hydroxylation is 1. The van der Waals surface area contributed by atoms with Gasteiger partial charge < -0.3 is 16.0 Å². The average molecular weight is 234 g/mol. The quantitative estimate of drug-likeness (QED) is 0.550.